The maximum atomic E-state index is 12.6. The maximum absolute atomic E-state index is 12.6. The normalized spacial score (nSPS) is 16.8. The van der Waals surface area contributed by atoms with E-state index in [2.05, 4.69) is 41.9 Å². The average Bonchev–Trinajstić information content (AvgIpc) is 3.78. The first-order valence-corrected chi connectivity index (χ1v) is 21.7. The maximum Gasteiger partial charge on any atom is 0.361 e. The Kier molecular flexibility index (Phi) is 15.9. The van der Waals surface area contributed by atoms with Gasteiger partial charge in [0.2, 0.25) is 0 Å². The molecule has 0 N–H and O–H groups in total. The van der Waals surface area contributed by atoms with Crippen molar-refractivity contribution in [3.05, 3.63) is 96.6 Å². The third-order valence-corrected chi connectivity index (χ3v) is 11.9. The highest BCUT2D eigenvalue weighted by molar-refractivity contribution is 6.35. The van der Waals surface area contributed by atoms with Crippen molar-refractivity contribution < 1.29 is 19.1 Å². The number of piperidine rings is 2. The van der Waals surface area contributed by atoms with Crippen molar-refractivity contribution in [3.63, 3.8) is 0 Å². The lowest BCUT2D eigenvalue weighted by Gasteiger charge is -2.44. The zero-order valence-corrected chi connectivity index (χ0v) is 38.3. The first kappa shape index (κ1) is 46.5. The summed E-state index contributed by atoms with van der Waals surface area (Å²) in [5, 5.41) is 11.1. The SMILES string of the molecule is CCOC(=O)c1nn(Cc2ccc(Cl)cc2Cl)c2nc(Cl)cnc12.CCOC(=O)c1nn(Cc2ccc(Cl)cc2Cl)c2nc(N3CCC(N4CCCCC4)C(C)C3)cnc12.Cl. The number of nitrogens with zero attached hydrogens (tertiary/aromatic N) is 10. The van der Waals surface area contributed by atoms with Gasteiger partial charge in [-0.2, -0.15) is 10.2 Å². The quantitative estimate of drug-likeness (QED) is 0.121. The largest absolute Gasteiger partial charge is 0.461 e. The number of likely N-dealkylation sites (tertiary alicyclic amines) is 1. The third kappa shape index (κ3) is 10.8. The molecule has 0 radical (unpaired) electrons. The number of carbonyl (C=O) groups is 2. The van der Waals surface area contributed by atoms with Crippen LogP contribution in [0.25, 0.3) is 22.3 Å². The molecule has 0 amide bonds. The number of aromatic nitrogens is 8. The van der Waals surface area contributed by atoms with Gasteiger partial charge in [0.15, 0.2) is 22.7 Å². The zero-order valence-electron chi connectivity index (χ0n) is 33.7. The van der Waals surface area contributed by atoms with E-state index in [0.29, 0.717) is 60.9 Å². The van der Waals surface area contributed by atoms with Gasteiger partial charge in [0, 0.05) is 39.2 Å². The summed E-state index contributed by atoms with van der Waals surface area (Å²) in [5.74, 6) is 0.244. The molecule has 0 bridgehead atoms. The summed E-state index contributed by atoms with van der Waals surface area (Å²) < 4.78 is 13.4. The molecule has 14 nitrogen and oxygen atoms in total. The molecule has 6 aromatic rings. The predicted octanol–water partition coefficient (Wildman–Crippen LogP) is 9.49. The van der Waals surface area contributed by atoms with Crippen LogP contribution in [0.3, 0.4) is 0 Å². The lowest BCUT2D eigenvalue weighted by Crippen LogP contribution is -2.51. The van der Waals surface area contributed by atoms with Gasteiger partial charge in [-0.3, -0.25) is 4.90 Å². The van der Waals surface area contributed by atoms with Gasteiger partial charge in [0.25, 0.3) is 0 Å². The van der Waals surface area contributed by atoms with Crippen LogP contribution in [0.2, 0.25) is 25.2 Å². The minimum absolute atomic E-state index is 0. The summed E-state index contributed by atoms with van der Waals surface area (Å²) in [6.45, 7) is 11.2. The van der Waals surface area contributed by atoms with Gasteiger partial charge in [-0.05, 0) is 87.5 Å². The Labute approximate surface area is 384 Å². The van der Waals surface area contributed by atoms with Gasteiger partial charge in [-0.25, -0.2) is 38.9 Å². The molecule has 0 saturated carbocycles. The summed E-state index contributed by atoms with van der Waals surface area (Å²) in [5.41, 5.74) is 3.49. The summed E-state index contributed by atoms with van der Waals surface area (Å²) >= 11 is 30.5. The van der Waals surface area contributed by atoms with Crippen LogP contribution in [0.4, 0.5) is 5.82 Å². The summed E-state index contributed by atoms with van der Waals surface area (Å²) in [7, 11) is 0. The molecule has 6 heterocycles. The number of ether oxygens (including phenoxy) is 2. The molecule has 2 aliphatic rings. The Morgan fingerprint density at radius 1 is 0.721 bits per heavy atom. The van der Waals surface area contributed by atoms with Crippen LogP contribution >= 0.6 is 70.4 Å². The van der Waals surface area contributed by atoms with Crippen molar-refractivity contribution in [1.29, 1.82) is 0 Å². The number of fused-ring (bicyclic) bond motifs is 2. The smallest absolute Gasteiger partial charge is 0.361 e. The van der Waals surface area contributed by atoms with E-state index in [4.69, 9.17) is 72.5 Å². The van der Waals surface area contributed by atoms with Gasteiger partial charge in [0.1, 0.15) is 22.0 Å². The Morgan fingerprint density at radius 3 is 1.75 bits per heavy atom. The lowest BCUT2D eigenvalue weighted by atomic mass is 9.91. The third-order valence-electron chi connectivity index (χ3n) is 10.5. The Morgan fingerprint density at radius 2 is 1.25 bits per heavy atom. The summed E-state index contributed by atoms with van der Waals surface area (Å²) in [6.07, 6.45) is 8.17. The molecule has 0 spiro atoms. The molecule has 2 aliphatic heterocycles. The molecule has 0 aliphatic carbocycles. The van der Waals surface area contributed by atoms with E-state index in [0.717, 1.165) is 36.5 Å². The zero-order chi connectivity index (χ0) is 42.5. The number of hydrogen-bond donors (Lipinski definition) is 0. The first-order valence-electron chi connectivity index (χ1n) is 19.8. The standard InChI is InChI=1S/C26H32Cl2N6O2.C15H11Cl3N4O2.ClH/c1-3-36-26(35)24-23-25(34(31-24)16-18-7-8-19(27)13-20(18)28)30-22(14-29-23)33-12-9-21(17(2)15-33)32-10-5-4-6-11-32;1-2-24-15(23)13-12-14(20-11(18)6-19-12)22(21-13)7-8-3-4-9(16)5-10(8)17;/h7-8,13-14,17,21H,3-6,9-12,15-16H2,1-2H3;3-6H,2,7H2,1H3;1H. The van der Waals surface area contributed by atoms with Crippen LogP contribution in [0, 0.1) is 5.92 Å². The molecule has 2 unspecified atom stereocenters. The van der Waals surface area contributed by atoms with Gasteiger partial charge >= 0.3 is 11.9 Å². The minimum atomic E-state index is -0.569. The second kappa shape index (κ2) is 20.9. The van der Waals surface area contributed by atoms with E-state index in [1.165, 1.54) is 43.2 Å². The number of carbonyl (C=O) groups excluding carboxylic acids is 2. The highest BCUT2D eigenvalue weighted by atomic mass is 35.5. The first-order chi connectivity index (χ1) is 28.9. The molecule has 20 heteroatoms. The lowest BCUT2D eigenvalue weighted by molar-refractivity contribution is 0.0511. The van der Waals surface area contributed by atoms with Crippen LogP contribution in [-0.2, 0) is 22.6 Å². The highest BCUT2D eigenvalue weighted by Crippen LogP contribution is 2.30. The van der Waals surface area contributed by atoms with Crippen LogP contribution in [-0.4, -0.2) is 102 Å². The number of rotatable bonds is 10. The van der Waals surface area contributed by atoms with Crippen molar-refractivity contribution in [2.24, 2.45) is 5.92 Å². The number of benzene rings is 2. The summed E-state index contributed by atoms with van der Waals surface area (Å²) in [4.78, 5) is 47.6. The van der Waals surface area contributed by atoms with Gasteiger partial charge in [0.05, 0.1) is 38.7 Å². The number of hydrogen-bond acceptors (Lipinski definition) is 12. The number of halogens is 6. The van der Waals surface area contributed by atoms with Crippen molar-refractivity contribution in [3.8, 4) is 0 Å². The molecule has 2 saturated heterocycles. The molecule has 61 heavy (non-hydrogen) atoms. The van der Waals surface area contributed by atoms with E-state index in [1.54, 1.807) is 55.1 Å². The molecule has 2 atom stereocenters. The van der Waals surface area contributed by atoms with E-state index < -0.39 is 11.9 Å². The van der Waals surface area contributed by atoms with Crippen LogP contribution in [0.15, 0.2) is 48.8 Å². The molecule has 4 aromatic heterocycles. The number of esters is 2. The second-order valence-corrected chi connectivity index (χ2v) is 16.6. The Hall–Kier alpha value is -4.02. The van der Waals surface area contributed by atoms with Crippen molar-refractivity contribution >= 4 is 110 Å². The van der Waals surface area contributed by atoms with E-state index in [1.807, 2.05) is 6.07 Å². The molecular formula is C41H44Cl6N10O4. The van der Waals surface area contributed by atoms with Gasteiger partial charge in [-0.15, -0.1) is 12.4 Å². The van der Waals surface area contributed by atoms with Gasteiger partial charge in [-0.1, -0.05) is 83.5 Å². The van der Waals surface area contributed by atoms with Crippen LogP contribution in [0.5, 0.6) is 0 Å². The Bertz CT molecular complexity index is 2510. The molecule has 8 rings (SSSR count). The predicted molar refractivity (Wildman–Crippen MR) is 241 cm³/mol. The van der Waals surface area contributed by atoms with Crippen LogP contribution in [0.1, 0.15) is 78.6 Å². The minimum Gasteiger partial charge on any atom is -0.461 e. The van der Waals surface area contributed by atoms with Crippen molar-refractivity contribution in [1.82, 2.24) is 44.4 Å². The fourth-order valence-electron chi connectivity index (χ4n) is 7.66. The monoisotopic (exact) mass is 950 g/mol. The fraction of sp³-hybridized carbons (Fsp3) is 0.415. The second-order valence-electron chi connectivity index (χ2n) is 14.6. The molecular weight excluding hydrogens is 909 g/mol. The van der Waals surface area contributed by atoms with E-state index >= 15 is 0 Å². The highest BCUT2D eigenvalue weighted by Gasteiger charge is 2.32. The number of anilines is 1. The average molecular weight is 954 g/mol. The topological polar surface area (TPSA) is 146 Å². The van der Waals surface area contributed by atoms with Crippen molar-refractivity contribution in [2.75, 3.05) is 44.3 Å². The van der Waals surface area contributed by atoms with Crippen LogP contribution < -0.4 is 4.90 Å². The Balaban J connectivity index is 0.000000217. The summed E-state index contributed by atoms with van der Waals surface area (Å²) in [6, 6.07) is 11.1. The van der Waals surface area contributed by atoms with E-state index in [9.17, 15) is 9.59 Å². The van der Waals surface area contributed by atoms with Crippen molar-refractivity contribution in [2.45, 2.75) is 65.6 Å². The van der Waals surface area contributed by atoms with E-state index in [-0.39, 0.29) is 48.7 Å². The molecule has 2 fully saturated rings. The fourth-order valence-corrected chi connectivity index (χ4v) is 8.72. The molecule has 2 aromatic carbocycles. The molecule has 324 valence electrons. The van der Waals surface area contributed by atoms with Gasteiger partial charge < -0.3 is 14.4 Å².